The topological polar surface area (TPSA) is 66.9 Å². The summed E-state index contributed by atoms with van der Waals surface area (Å²) in [6.07, 6.45) is 0. The molecule has 0 unspecified atom stereocenters. The molecule has 6 nitrogen and oxygen atoms in total. The molecule has 2 heterocycles. The number of carbonyl (C=O) groups is 1. The fourth-order valence-electron chi connectivity index (χ4n) is 3.07. The van der Waals surface area contributed by atoms with E-state index < -0.39 is 10.0 Å². The van der Waals surface area contributed by atoms with Crippen LogP contribution in [0.15, 0.2) is 35.2 Å². The summed E-state index contributed by atoms with van der Waals surface area (Å²) in [5, 5.41) is 0. The normalized spacial score (nSPS) is 15.9. The molecule has 1 amide bonds. The van der Waals surface area contributed by atoms with Crippen LogP contribution < -0.4 is 4.74 Å². The summed E-state index contributed by atoms with van der Waals surface area (Å²) >= 11 is 1.48. The molecule has 0 aliphatic carbocycles. The molecule has 0 saturated carbocycles. The maximum Gasteiger partial charge on any atom is 0.254 e. The van der Waals surface area contributed by atoms with E-state index in [9.17, 15) is 13.2 Å². The van der Waals surface area contributed by atoms with E-state index in [2.05, 4.69) is 0 Å². The lowest BCUT2D eigenvalue weighted by atomic mass is 10.1. The Morgan fingerprint density at radius 1 is 1.12 bits per heavy atom. The molecule has 1 aromatic carbocycles. The molecule has 26 heavy (non-hydrogen) atoms. The summed E-state index contributed by atoms with van der Waals surface area (Å²) in [5.74, 6) is 0.517. The lowest BCUT2D eigenvalue weighted by Crippen LogP contribution is -2.50. The standard InChI is InChI=1S/C18H22N2O4S2/c1-13-11-17(14(2)25-13)26(22,23)20-9-7-19(8-10-20)18(21)15-5-4-6-16(12-15)24-3/h4-6,11-12H,7-10H2,1-3H3. The molecule has 1 aliphatic rings. The number of thiophene rings is 1. The first-order valence-corrected chi connectivity index (χ1v) is 10.6. The predicted molar refractivity (Wildman–Crippen MR) is 101 cm³/mol. The Morgan fingerprint density at radius 3 is 2.38 bits per heavy atom. The number of methoxy groups -OCH3 is 1. The van der Waals surface area contributed by atoms with Crippen molar-refractivity contribution in [2.45, 2.75) is 18.7 Å². The van der Waals surface area contributed by atoms with Crippen molar-refractivity contribution in [2.24, 2.45) is 0 Å². The summed E-state index contributed by atoms with van der Waals surface area (Å²) in [4.78, 5) is 16.5. The molecule has 1 aliphatic heterocycles. The van der Waals surface area contributed by atoms with Crippen molar-refractivity contribution in [1.82, 2.24) is 9.21 Å². The SMILES string of the molecule is COc1cccc(C(=O)N2CCN(S(=O)(=O)c3cc(C)sc3C)CC2)c1. The van der Waals surface area contributed by atoms with E-state index in [-0.39, 0.29) is 5.91 Å². The van der Waals surface area contributed by atoms with E-state index >= 15 is 0 Å². The van der Waals surface area contributed by atoms with Crippen LogP contribution in [0.3, 0.4) is 0 Å². The Bertz CT molecular complexity index is 913. The monoisotopic (exact) mass is 394 g/mol. The van der Waals surface area contributed by atoms with Gasteiger partial charge in [-0.25, -0.2) is 8.42 Å². The molecule has 0 spiro atoms. The number of hydrogen-bond donors (Lipinski definition) is 0. The number of benzene rings is 1. The third-order valence-electron chi connectivity index (χ3n) is 4.46. The van der Waals surface area contributed by atoms with Crippen molar-refractivity contribution in [3.63, 3.8) is 0 Å². The van der Waals surface area contributed by atoms with Crippen molar-refractivity contribution in [1.29, 1.82) is 0 Å². The number of sulfonamides is 1. The molecule has 8 heteroatoms. The van der Waals surface area contributed by atoms with Crippen LogP contribution in [0.25, 0.3) is 0 Å². The molecule has 0 atom stereocenters. The van der Waals surface area contributed by atoms with Crippen molar-refractivity contribution < 1.29 is 17.9 Å². The van der Waals surface area contributed by atoms with Crippen molar-refractivity contribution in [3.8, 4) is 5.75 Å². The summed E-state index contributed by atoms with van der Waals surface area (Å²) < 4.78 is 32.4. The fourth-order valence-corrected chi connectivity index (χ4v) is 6.02. The van der Waals surface area contributed by atoms with Crippen LogP contribution in [0.5, 0.6) is 5.75 Å². The molecule has 0 radical (unpaired) electrons. The Kier molecular flexibility index (Phi) is 5.36. The van der Waals surface area contributed by atoms with Crippen LogP contribution in [-0.4, -0.2) is 56.8 Å². The van der Waals surface area contributed by atoms with Gasteiger partial charge in [-0.3, -0.25) is 4.79 Å². The number of nitrogens with zero attached hydrogens (tertiary/aromatic N) is 2. The lowest BCUT2D eigenvalue weighted by molar-refractivity contribution is 0.0697. The average Bonchev–Trinajstić information content (AvgIpc) is 3.00. The highest BCUT2D eigenvalue weighted by Crippen LogP contribution is 2.28. The van der Waals surface area contributed by atoms with Gasteiger partial charge in [-0.2, -0.15) is 4.31 Å². The molecular weight excluding hydrogens is 372 g/mol. The van der Waals surface area contributed by atoms with E-state index in [4.69, 9.17) is 4.74 Å². The number of amides is 1. The van der Waals surface area contributed by atoms with Gasteiger partial charge in [-0.1, -0.05) is 6.07 Å². The molecule has 3 rings (SSSR count). The van der Waals surface area contributed by atoms with Crippen LogP contribution in [-0.2, 0) is 10.0 Å². The van der Waals surface area contributed by atoms with Crippen LogP contribution >= 0.6 is 11.3 Å². The van der Waals surface area contributed by atoms with Gasteiger partial charge >= 0.3 is 0 Å². The largest absolute Gasteiger partial charge is 0.497 e. The minimum atomic E-state index is -3.51. The van der Waals surface area contributed by atoms with Crippen molar-refractivity contribution in [3.05, 3.63) is 45.6 Å². The first-order valence-electron chi connectivity index (χ1n) is 8.33. The van der Waals surface area contributed by atoms with Crippen molar-refractivity contribution >= 4 is 27.3 Å². The van der Waals surface area contributed by atoms with Gasteiger partial charge in [0, 0.05) is 41.5 Å². The van der Waals surface area contributed by atoms with Crippen LogP contribution in [0.4, 0.5) is 0 Å². The van der Waals surface area contributed by atoms with E-state index in [1.807, 2.05) is 13.8 Å². The van der Waals surface area contributed by atoms with E-state index in [0.29, 0.717) is 42.4 Å². The number of piperazine rings is 1. The zero-order chi connectivity index (χ0) is 18.9. The molecule has 140 valence electrons. The molecule has 1 fully saturated rings. The van der Waals surface area contributed by atoms with Gasteiger partial charge in [0.1, 0.15) is 5.75 Å². The van der Waals surface area contributed by atoms with Gasteiger partial charge in [0.25, 0.3) is 5.91 Å². The summed E-state index contributed by atoms with van der Waals surface area (Å²) in [5.41, 5.74) is 0.546. The van der Waals surface area contributed by atoms with Crippen molar-refractivity contribution in [2.75, 3.05) is 33.3 Å². The van der Waals surface area contributed by atoms with E-state index in [0.717, 1.165) is 9.75 Å². The summed E-state index contributed by atoms with van der Waals surface area (Å²) in [7, 11) is -1.95. The van der Waals surface area contributed by atoms with Crippen LogP contribution in [0.2, 0.25) is 0 Å². The predicted octanol–water partition coefficient (Wildman–Crippen LogP) is 2.52. The number of ether oxygens (including phenoxy) is 1. The Morgan fingerprint density at radius 2 is 1.81 bits per heavy atom. The van der Waals surface area contributed by atoms with Crippen LogP contribution in [0.1, 0.15) is 20.1 Å². The summed E-state index contributed by atoms with van der Waals surface area (Å²) in [6.45, 7) is 5.07. The fraction of sp³-hybridized carbons (Fsp3) is 0.389. The number of aryl methyl sites for hydroxylation is 2. The van der Waals surface area contributed by atoms with Gasteiger partial charge in [0.05, 0.1) is 12.0 Å². The van der Waals surface area contributed by atoms with Gasteiger partial charge in [0.15, 0.2) is 0 Å². The maximum atomic E-state index is 12.9. The van der Waals surface area contributed by atoms with Gasteiger partial charge in [0.2, 0.25) is 10.0 Å². The number of hydrogen-bond acceptors (Lipinski definition) is 5. The smallest absolute Gasteiger partial charge is 0.254 e. The molecular formula is C18H22N2O4S2. The zero-order valence-corrected chi connectivity index (χ0v) is 16.7. The molecule has 1 saturated heterocycles. The van der Waals surface area contributed by atoms with Crippen LogP contribution in [0, 0.1) is 13.8 Å². The highest BCUT2D eigenvalue weighted by atomic mass is 32.2. The second-order valence-electron chi connectivity index (χ2n) is 6.21. The first-order chi connectivity index (χ1) is 12.3. The Hall–Kier alpha value is -1.90. The summed E-state index contributed by atoms with van der Waals surface area (Å²) in [6, 6.07) is 8.72. The minimum absolute atomic E-state index is 0.108. The minimum Gasteiger partial charge on any atom is -0.497 e. The molecule has 2 aromatic rings. The molecule has 0 bridgehead atoms. The Balaban J connectivity index is 1.70. The number of carbonyl (C=O) groups excluding carboxylic acids is 1. The van der Waals surface area contributed by atoms with Gasteiger partial charge < -0.3 is 9.64 Å². The van der Waals surface area contributed by atoms with E-state index in [1.54, 1.807) is 42.3 Å². The third kappa shape index (κ3) is 3.62. The lowest BCUT2D eigenvalue weighted by Gasteiger charge is -2.34. The quantitative estimate of drug-likeness (QED) is 0.799. The zero-order valence-electron chi connectivity index (χ0n) is 15.1. The molecule has 0 N–H and O–H groups in total. The highest BCUT2D eigenvalue weighted by Gasteiger charge is 2.32. The van der Waals surface area contributed by atoms with Gasteiger partial charge in [-0.15, -0.1) is 11.3 Å². The number of rotatable bonds is 4. The third-order valence-corrected chi connectivity index (χ3v) is 7.58. The maximum absolute atomic E-state index is 12.9. The van der Waals surface area contributed by atoms with Gasteiger partial charge in [-0.05, 0) is 38.1 Å². The first kappa shape index (κ1) is 18.9. The highest BCUT2D eigenvalue weighted by molar-refractivity contribution is 7.89. The second-order valence-corrected chi connectivity index (χ2v) is 9.57. The average molecular weight is 395 g/mol. The Labute approximate surface area is 158 Å². The van der Waals surface area contributed by atoms with E-state index in [1.165, 1.54) is 15.6 Å². The molecule has 1 aromatic heterocycles. The second kappa shape index (κ2) is 7.38.